The summed E-state index contributed by atoms with van der Waals surface area (Å²) in [5.41, 5.74) is 6.30. The molecule has 4 nitrogen and oxygen atoms in total. The highest BCUT2D eigenvalue weighted by molar-refractivity contribution is 6.30. The Balaban J connectivity index is 1.84. The fraction of sp³-hybridized carbons (Fsp3) is 0.500. The molecule has 104 valence electrons. The number of carbonyl (C=O) groups excluding carboxylic acids is 1. The normalized spacial score (nSPS) is 16.4. The smallest absolute Gasteiger partial charge is 0.321 e. The molecule has 1 aromatic carbocycles. The molecule has 0 aromatic heterocycles. The van der Waals surface area contributed by atoms with E-state index < -0.39 is 0 Å². The molecule has 0 radical (unpaired) electrons. The Bertz CT molecular complexity index is 430. The number of piperidine rings is 1. The van der Waals surface area contributed by atoms with Crippen molar-refractivity contribution >= 4 is 23.3 Å². The zero-order valence-corrected chi connectivity index (χ0v) is 11.7. The molecule has 0 bridgehead atoms. The predicted octanol–water partition coefficient (Wildman–Crippen LogP) is 2.93. The van der Waals surface area contributed by atoms with Gasteiger partial charge in [0.15, 0.2) is 0 Å². The van der Waals surface area contributed by atoms with Crippen LogP contribution >= 0.6 is 11.6 Å². The van der Waals surface area contributed by atoms with Gasteiger partial charge < -0.3 is 16.0 Å². The van der Waals surface area contributed by atoms with E-state index >= 15 is 0 Å². The Labute approximate surface area is 118 Å². The number of anilines is 1. The molecule has 0 saturated carbocycles. The van der Waals surface area contributed by atoms with E-state index in [4.69, 9.17) is 17.3 Å². The van der Waals surface area contributed by atoms with E-state index in [1.807, 2.05) is 17.0 Å². The minimum atomic E-state index is -0.0477. The predicted molar refractivity (Wildman–Crippen MR) is 78.4 cm³/mol. The molecule has 1 saturated heterocycles. The van der Waals surface area contributed by atoms with Gasteiger partial charge in [0.05, 0.1) is 0 Å². The quantitative estimate of drug-likeness (QED) is 0.895. The number of hydrogen-bond donors (Lipinski definition) is 2. The van der Waals surface area contributed by atoms with Gasteiger partial charge in [-0.15, -0.1) is 0 Å². The van der Waals surface area contributed by atoms with Gasteiger partial charge in [-0.2, -0.15) is 0 Å². The first-order chi connectivity index (χ1) is 9.19. The van der Waals surface area contributed by atoms with Crippen LogP contribution in [0.15, 0.2) is 24.3 Å². The van der Waals surface area contributed by atoms with E-state index in [1.165, 1.54) is 0 Å². The summed E-state index contributed by atoms with van der Waals surface area (Å²) in [6.45, 7) is 2.34. The van der Waals surface area contributed by atoms with Crippen LogP contribution in [-0.2, 0) is 0 Å². The fourth-order valence-corrected chi connectivity index (χ4v) is 2.62. The summed E-state index contributed by atoms with van der Waals surface area (Å²) in [6, 6.07) is 7.15. The Morgan fingerprint density at radius 2 is 2.16 bits per heavy atom. The van der Waals surface area contributed by atoms with Crippen LogP contribution in [0.2, 0.25) is 5.02 Å². The zero-order chi connectivity index (χ0) is 13.7. The standard InChI is InChI=1S/C14H20ClN3O/c15-12-2-1-3-13(10-12)17-14(19)18-8-5-11(4-7-16)6-9-18/h1-3,10-11H,4-9,16H2,(H,17,19). The lowest BCUT2D eigenvalue weighted by molar-refractivity contribution is 0.180. The molecule has 3 N–H and O–H groups in total. The van der Waals surface area contributed by atoms with Crippen molar-refractivity contribution in [3.05, 3.63) is 29.3 Å². The number of nitrogens with zero attached hydrogens (tertiary/aromatic N) is 1. The Morgan fingerprint density at radius 3 is 2.79 bits per heavy atom. The van der Waals surface area contributed by atoms with Crippen LogP contribution in [0, 0.1) is 5.92 Å². The molecule has 2 rings (SSSR count). The van der Waals surface area contributed by atoms with Gasteiger partial charge in [-0.1, -0.05) is 17.7 Å². The summed E-state index contributed by atoms with van der Waals surface area (Å²) in [5.74, 6) is 0.667. The number of rotatable bonds is 3. The summed E-state index contributed by atoms with van der Waals surface area (Å²) in [7, 11) is 0. The van der Waals surface area contributed by atoms with E-state index in [2.05, 4.69) is 5.32 Å². The molecule has 0 aliphatic carbocycles. The first-order valence-corrected chi connectivity index (χ1v) is 7.08. The van der Waals surface area contributed by atoms with Crippen LogP contribution in [0.4, 0.5) is 10.5 Å². The molecule has 1 fully saturated rings. The number of likely N-dealkylation sites (tertiary alicyclic amines) is 1. The van der Waals surface area contributed by atoms with Crippen molar-refractivity contribution in [2.75, 3.05) is 25.0 Å². The second kappa shape index (κ2) is 6.78. The second-order valence-electron chi connectivity index (χ2n) is 4.95. The van der Waals surface area contributed by atoms with Crippen LogP contribution in [0.1, 0.15) is 19.3 Å². The third kappa shape index (κ3) is 4.11. The van der Waals surface area contributed by atoms with Crippen LogP contribution in [0.3, 0.4) is 0 Å². The van der Waals surface area contributed by atoms with E-state index in [1.54, 1.807) is 12.1 Å². The van der Waals surface area contributed by atoms with Crippen molar-refractivity contribution in [1.82, 2.24) is 4.90 Å². The van der Waals surface area contributed by atoms with Gasteiger partial charge in [-0.3, -0.25) is 0 Å². The van der Waals surface area contributed by atoms with Gasteiger partial charge in [0.2, 0.25) is 0 Å². The van der Waals surface area contributed by atoms with Crippen molar-refractivity contribution < 1.29 is 4.79 Å². The first kappa shape index (κ1) is 14.2. The third-order valence-electron chi connectivity index (χ3n) is 3.55. The number of benzene rings is 1. The average Bonchev–Trinajstić information content (AvgIpc) is 2.40. The van der Waals surface area contributed by atoms with Crippen molar-refractivity contribution in [2.24, 2.45) is 11.7 Å². The van der Waals surface area contributed by atoms with Gasteiger partial charge >= 0.3 is 6.03 Å². The molecule has 19 heavy (non-hydrogen) atoms. The number of nitrogens with two attached hydrogens (primary N) is 1. The van der Waals surface area contributed by atoms with E-state index in [0.717, 1.165) is 44.6 Å². The van der Waals surface area contributed by atoms with Gasteiger partial charge in [0.1, 0.15) is 0 Å². The second-order valence-corrected chi connectivity index (χ2v) is 5.38. The maximum Gasteiger partial charge on any atom is 0.321 e. The number of halogens is 1. The molecule has 2 amide bonds. The number of carbonyl (C=O) groups is 1. The van der Waals surface area contributed by atoms with Gasteiger partial charge in [-0.05, 0) is 49.9 Å². The minimum absolute atomic E-state index is 0.0477. The molecule has 5 heteroatoms. The van der Waals surface area contributed by atoms with Crippen molar-refractivity contribution in [2.45, 2.75) is 19.3 Å². The van der Waals surface area contributed by atoms with Crippen molar-refractivity contribution in [1.29, 1.82) is 0 Å². The van der Waals surface area contributed by atoms with Gasteiger partial charge in [-0.25, -0.2) is 4.79 Å². The lowest BCUT2D eigenvalue weighted by Gasteiger charge is -2.31. The topological polar surface area (TPSA) is 58.4 Å². The van der Waals surface area contributed by atoms with Crippen LogP contribution in [0.5, 0.6) is 0 Å². The lowest BCUT2D eigenvalue weighted by atomic mass is 9.94. The van der Waals surface area contributed by atoms with Crippen LogP contribution in [-0.4, -0.2) is 30.6 Å². The summed E-state index contributed by atoms with van der Waals surface area (Å²) in [4.78, 5) is 13.9. The van der Waals surface area contributed by atoms with E-state index in [9.17, 15) is 4.79 Å². The van der Waals surface area contributed by atoms with E-state index in [0.29, 0.717) is 10.9 Å². The molecular weight excluding hydrogens is 262 g/mol. The Hall–Kier alpha value is -1.26. The highest BCUT2D eigenvalue weighted by Crippen LogP contribution is 2.21. The molecular formula is C14H20ClN3O. The number of amides is 2. The van der Waals surface area contributed by atoms with Gasteiger partial charge in [0.25, 0.3) is 0 Å². The Morgan fingerprint density at radius 1 is 1.42 bits per heavy atom. The molecule has 1 aliphatic heterocycles. The monoisotopic (exact) mass is 281 g/mol. The molecule has 0 unspecified atom stereocenters. The number of urea groups is 1. The summed E-state index contributed by atoms with van der Waals surface area (Å²) < 4.78 is 0. The lowest BCUT2D eigenvalue weighted by Crippen LogP contribution is -2.41. The summed E-state index contributed by atoms with van der Waals surface area (Å²) in [5, 5.41) is 3.50. The minimum Gasteiger partial charge on any atom is -0.330 e. The highest BCUT2D eigenvalue weighted by Gasteiger charge is 2.22. The average molecular weight is 282 g/mol. The van der Waals surface area contributed by atoms with Crippen LogP contribution < -0.4 is 11.1 Å². The number of hydrogen-bond acceptors (Lipinski definition) is 2. The zero-order valence-electron chi connectivity index (χ0n) is 10.9. The Kier molecular flexibility index (Phi) is 5.05. The van der Waals surface area contributed by atoms with Gasteiger partial charge in [0, 0.05) is 23.8 Å². The number of nitrogens with one attached hydrogen (secondary N) is 1. The third-order valence-corrected chi connectivity index (χ3v) is 3.79. The van der Waals surface area contributed by atoms with E-state index in [-0.39, 0.29) is 6.03 Å². The van der Waals surface area contributed by atoms with Crippen LogP contribution in [0.25, 0.3) is 0 Å². The highest BCUT2D eigenvalue weighted by atomic mass is 35.5. The SMILES string of the molecule is NCCC1CCN(C(=O)Nc2cccc(Cl)c2)CC1. The maximum absolute atomic E-state index is 12.1. The molecule has 1 aromatic rings. The first-order valence-electron chi connectivity index (χ1n) is 6.70. The largest absolute Gasteiger partial charge is 0.330 e. The molecule has 0 spiro atoms. The summed E-state index contributed by atoms with van der Waals surface area (Å²) >= 11 is 5.89. The molecule has 1 heterocycles. The van der Waals surface area contributed by atoms with Crippen molar-refractivity contribution in [3.63, 3.8) is 0 Å². The summed E-state index contributed by atoms with van der Waals surface area (Å²) in [6.07, 6.45) is 3.14. The maximum atomic E-state index is 12.1. The van der Waals surface area contributed by atoms with Crippen molar-refractivity contribution in [3.8, 4) is 0 Å². The fourth-order valence-electron chi connectivity index (χ4n) is 2.43. The molecule has 1 aliphatic rings. The molecule has 0 atom stereocenters.